The van der Waals surface area contributed by atoms with Gasteiger partial charge in [0, 0.05) is 12.0 Å². The van der Waals surface area contributed by atoms with Crippen LogP contribution in [0.3, 0.4) is 0 Å². The van der Waals surface area contributed by atoms with Gasteiger partial charge in [-0.1, -0.05) is 18.2 Å². The van der Waals surface area contributed by atoms with Crippen LogP contribution in [0.4, 0.5) is 4.39 Å². The molecule has 0 bridgehead atoms. The van der Waals surface area contributed by atoms with Crippen molar-refractivity contribution in [2.45, 2.75) is 19.4 Å². The van der Waals surface area contributed by atoms with Crippen LogP contribution in [0.25, 0.3) is 0 Å². The molecule has 1 heterocycles. The van der Waals surface area contributed by atoms with Crippen LogP contribution in [0.2, 0.25) is 0 Å². The first kappa shape index (κ1) is 10.2. The van der Waals surface area contributed by atoms with Gasteiger partial charge in [-0.25, -0.2) is 4.39 Å². The molecule has 0 amide bonds. The number of benzene rings is 1. The molecule has 2 N–H and O–H groups in total. The molecular weight excluding hydrogens is 193 g/mol. The zero-order valence-corrected chi connectivity index (χ0v) is 8.66. The van der Waals surface area contributed by atoms with E-state index >= 15 is 0 Å². The van der Waals surface area contributed by atoms with E-state index in [0.717, 1.165) is 6.42 Å². The van der Waals surface area contributed by atoms with Gasteiger partial charge in [0.1, 0.15) is 11.6 Å². The monoisotopic (exact) mass is 207 g/mol. The first-order valence-electron chi connectivity index (χ1n) is 5.03. The third-order valence-electron chi connectivity index (χ3n) is 2.60. The zero-order chi connectivity index (χ0) is 10.8. The summed E-state index contributed by atoms with van der Waals surface area (Å²) in [7, 11) is 0. The maximum Gasteiger partial charge on any atom is 0.131 e. The minimum absolute atomic E-state index is 0.235. The Hall–Kier alpha value is -1.35. The van der Waals surface area contributed by atoms with Gasteiger partial charge in [0.25, 0.3) is 0 Å². The van der Waals surface area contributed by atoms with E-state index < -0.39 is 6.04 Å². The fourth-order valence-electron chi connectivity index (χ4n) is 1.72. The molecule has 2 nitrogen and oxygen atoms in total. The summed E-state index contributed by atoms with van der Waals surface area (Å²) < 4.78 is 19.1. The first-order chi connectivity index (χ1) is 7.20. The van der Waals surface area contributed by atoms with Crippen LogP contribution in [0, 0.1) is 12.7 Å². The molecule has 0 spiro atoms. The Bertz CT molecular complexity index is 401. The summed E-state index contributed by atoms with van der Waals surface area (Å²) in [6.07, 6.45) is 2.78. The molecule has 0 aliphatic carbocycles. The lowest BCUT2D eigenvalue weighted by molar-refractivity contribution is 0.224. The van der Waals surface area contributed by atoms with Crippen LogP contribution in [0.5, 0.6) is 0 Å². The molecule has 0 saturated carbocycles. The van der Waals surface area contributed by atoms with Gasteiger partial charge in [-0.3, -0.25) is 0 Å². The Morgan fingerprint density at radius 3 is 2.93 bits per heavy atom. The van der Waals surface area contributed by atoms with E-state index in [2.05, 4.69) is 0 Å². The fraction of sp³-hybridized carbons (Fsp3) is 0.333. The lowest BCUT2D eigenvalue weighted by Crippen LogP contribution is -2.15. The summed E-state index contributed by atoms with van der Waals surface area (Å²) in [6.45, 7) is 2.38. The summed E-state index contributed by atoms with van der Waals surface area (Å²) in [5, 5.41) is 0. The van der Waals surface area contributed by atoms with Crippen molar-refractivity contribution in [3.8, 4) is 0 Å². The molecule has 1 aromatic carbocycles. The number of rotatable bonds is 2. The molecule has 1 aliphatic rings. The fourth-order valence-corrected chi connectivity index (χ4v) is 1.72. The van der Waals surface area contributed by atoms with Gasteiger partial charge in [-0.15, -0.1) is 0 Å². The Labute approximate surface area is 88.5 Å². The maximum atomic E-state index is 13.7. The van der Waals surface area contributed by atoms with Gasteiger partial charge in [0.2, 0.25) is 0 Å². The average molecular weight is 207 g/mol. The first-order valence-corrected chi connectivity index (χ1v) is 5.03. The lowest BCUT2D eigenvalue weighted by atomic mass is 10.0. The number of nitrogens with two attached hydrogens (primary N) is 1. The van der Waals surface area contributed by atoms with Crippen molar-refractivity contribution in [2.24, 2.45) is 5.73 Å². The highest BCUT2D eigenvalue weighted by molar-refractivity contribution is 5.31. The largest absolute Gasteiger partial charge is 0.496 e. The third kappa shape index (κ3) is 1.88. The number of hydrogen-bond acceptors (Lipinski definition) is 2. The highest BCUT2D eigenvalue weighted by atomic mass is 19.1. The van der Waals surface area contributed by atoms with Crippen LogP contribution in [-0.4, -0.2) is 6.61 Å². The second-order valence-electron chi connectivity index (χ2n) is 3.70. The Kier molecular flexibility index (Phi) is 2.73. The van der Waals surface area contributed by atoms with Crippen LogP contribution in [0.15, 0.2) is 30.0 Å². The van der Waals surface area contributed by atoms with Gasteiger partial charge >= 0.3 is 0 Å². The summed E-state index contributed by atoms with van der Waals surface area (Å²) in [6, 6.07) is 4.76. The van der Waals surface area contributed by atoms with Crippen LogP contribution < -0.4 is 5.73 Å². The lowest BCUT2D eigenvalue weighted by Gasteiger charge is -2.15. The topological polar surface area (TPSA) is 35.2 Å². The zero-order valence-electron chi connectivity index (χ0n) is 8.66. The number of ether oxygens (including phenoxy) is 1. The highest BCUT2D eigenvalue weighted by Gasteiger charge is 2.20. The maximum absolute atomic E-state index is 13.7. The molecule has 0 fully saturated rings. The molecule has 15 heavy (non-hydrogen) atoms. The smallest absolute Gasteiger partial charge is 0.131 e. The van der Waals surface area contributed by atoms with E-state index in [4.69, 9.17) is 10.5 Å². The summed E-state index contributed by atoms with van der Waals surface area (Å²) in [4.78, 5) is 0. The number of aryl methyl sites for hydroxylation is 1. The molecule has 1 atom stereocenters. The van der Waals surface area contributed by atoms with Crippen LogP contribution in [0.1, 0.15) is 23.6 Å². The van der Waals surface area contributed by atoms with E-state index in [9.17, 15) is 4.39 Å². The molecule has 80 valence electrons. The second-order valence-corrected chi connectivity index (χ2v) is 3.70. The van der Waals surface area contributed by atoms with Gasteiger partial charge in [0.15, 0.2) is 0 Å². The van der Waals surface area contributed by atoms with E-state index in [0.29, 0.717) is 23.5 Å². The average Bonchev–Trinajstić information content (AvgIpc) is 2.74. The van der Waals surface area contributed by atoms with Gasteiger partial charge in [-0.2, -0.15) is 0 Å². The minimum atomic E-state index is -0.479. The predicted octanol–water partition coefficient (Wildman–Crippen LogP) is 2.44. The molecule has 1 aliphatic heterocycles. The Morgan fingerprint density at radius 2 is 2.27 bits per heavy atom. The van der Waals surface area contributed by atoms with Gasteiger partial charge in [0.05, 0.1) is 12.6 Å². The predicted molar refractivity (Wildman–Crippen MR) is 56.7 cm³/mol. The van der Waals surface area contributed by atoms with E-state index in [1.54, 1.807) is 19.1 Å². The van der Waals surface area contributed by atoms with Crippen molar-refractivity contribution >= 4 is 0 Å². The third-order valence-corrected chi connectivity index (χ3v) is 2.60. The second kappa shape index (κ2) is 4.03. The SMILES string of the molecule is Cc1cccc(C(N)C2=CCCO2)c1F. The number of halogens is 1. The molecule has 2 rings (SSSR count). The molecule has 1 aromatic rings. The van der Waals surface area contributed by atoms with Crippen molar-refractivity contribution in [3.63, 3.8) is 0 Å². The van der Waals surface area contributed by atoms with Crippen molar-refractivity contribution in [3.05, 3.63) is 47.0 Å². The minimum Gasteiger partial charge on any atom is -0.496 e. The Morgan fingerprint density at radius 1 is 1.47 bits per heavy atom. The molecule has 3 heteroatoms. The Balaban J connectivity index is 2.32. The molecule has 1 unspecified atom stereocenters. The molecule has 0 radical (unpaired) electrons. The molecular formula is C12H14FNO. The molecule has 0 saturated heterocycles. The van der Waals surface area contributed by atoms with Crippen LogP contribution >= 0.6 is 0 Å². The van der Waals surface area contributed by atoms with E-state index in [1.165, 1.54) is 0 Å². The van der Waals surface area contributed by atoms with Crippen molar-refractivity contribution < 1.29 is 9.13 Å². The van der Waals surface area contributed by atoms with Gasteiger partial charge < -0.3 is 10.5 Å². The highest BCUT2D eigenvalue weighted by Crippen LogP contribution is 2.27. The van der Waals surface area contributed by atoms with E-state index in [1.807, 2.05) is 12.1 Å². The van der Waals surface area contributed by atoms with Crippen LogP contribution in [-0.2, 0) is 4.74 Å². The van der Waals surface area contributed by atoms with E-state index in [-0.39, 0.29) is 5.82 Å². The quantitative estimate of drug-likeness (QED) is 0.808. The summed E-state index contributed by atoms with van der Waals surface area (Å²) in [5.74, 6) is 0.445. The molecule has 0 aromatic heterocycles. The summed E-state index contributed by atoms with van der Waals surface area (Å²) >= 11 is 0. The number of hydrogen-bond donors (Lipinski definition) is 1. The van der Waals surface area contributed by atoms with Crippen molar-refractivity contribution in [1.29, 1.82) is 0 Å². The van der Waals surface area contributed by atoms with Crippen molar-refractivity contribution in [2.75, 3.05) is 6.61 Å². The van der Waals surface area contributed by atoms with Crippen molar-refractivity contribution in [1.82, 2.24) is 0 Å². The summed E-state index contributed by atoms with van der Waals surface area (Å²) in [5.41, 5.74) is 7.05. The normalized spacial score (nSPS) is 17.1. The van der Waals surface area contributed by atoms with Gasteiger partial charge in [-0.05, 0) is 18.6 Å². The standard InChI is InChI=1S/C12H14FNO/c1-8-4-2-5-9(11(8)13)12(14)10-6-3-7-15-10/h2,4-6,12H,3,7,14H2,1H3.